The number of carbonyl (C=O) groups excluding carboxylic acids is 3. The lowest BCUT2D eigenvalue weighted by Gasteiger charge is -2.36. The largest absolute Gasteiger partial charge is 0.508 e. The van der Waals surface area contributed by atoms with E-state index in [-0.39, 0.29) is 30.4 Å². The van der Waals surface area contributed by atoms with E-state index < -0.39 is 18.0 Å². The number of phenolic OH excluding ortho intramolecular Hbond substituents is 1. The van der Waals surface area contributed by atoms with Gasteiger partial charge in [0, 0.05) is 44.1 Å². The minimum absolute atomic E-state index is 0.0685. The van der Waals surface area contributed by atoms with Crippen molar-refractivity contribution < 1.29 is 29.0 Å². The van der Waals surface area contributed by atoms with Gasteiger partial charge in [-0.3, -0.25) is 9.59 Å². The topological polar surface area (TPSA) is 121 Å². The van der Waals surface area contributed by atoms with Crippen LogP contribution < -0.4 is 10.1 Å². The van der Waals surface area contributed by atoms with Gasteiger partial charge in [0.25, 0.3) is 5.91 Å². The van der Waals surface area contributed by atoms with Crippen molar-refractivity contribution in [2.45, 2.75) is 19.4 Å². The molecule has 3 aromatic rings. The molecule has 10 nitrogen and oxygen atoms in total. The van der Waals surface area contributed by atoms with Gasteiger partial charge >= 0.3 is 6.09 Å². The molecule has 1 aromatic heterocycles. The molecule has 0 aliphatic carbocycles. The SMILES string of the molecule is CCOC(=O)N1CCN(C(=O)C(Cc2cccc(O)c2)NC(=O)c2cc(OC)c3ccccc3n2)CC1. The number of phenols is 1. The summed E-state index contributed by atoms with van der Waals surface area (Å²) in [5, 5.41) is 13.5. The Morgan fingerprint density at radius 3 is 2.46 bits per heavy atom. The Balaban J connectivity index is 1.55. The van der Waals surface area contributed by atoms with E-state index in [1.807, 2.05) is 18.2 Å². The van der Waals surface area contributed by atoms with Crippen molar-refractivity contribution in [1.82, 2.24) is 20.1 Å². The third-order valence-electron chi connectivity index (χ3n) is 6.20. The number of carbonyl (C=O) groups is 3. The summed E-state index contributed by atoms with van der Waals surface area (Å²) < 4.78 is 10.5. The van der Waals surface area contributed by atoms with Gasteiger partial charge in [-0.15, -0.1) is 0 Å². The maximum atomic E-state index is 13.6. The number of benzene rings is 2. The molecule has 2 N–H and O–H groups in total. The average molecular weight is 507 g/mol. The molecule has 1 unspecified atom stereocenters. The van der Waals surface area contributed by atoms with Gasteiger partial charge in [-0.1, -0.05) is 24.3 Å². The van der Waals surface area contributed by atoms with Gasteiger partial charge in [0.15, 0.2) is 0 Å². The molecule has 1 saturated heterocycles. The van der Waals surface area contributed by atoms with Gasteiger partial charge in [-0.2, -0.15) is 0 Å². The van der Waals surface area contributed by atoms with Gasteiger partial charge in [0.1, 0.15) is 23.2 Å². The minimum atomic E-state index is -0.914. The molecular weight excluding hydrogens is 476 g/mol. The third kappa shape index (κ3) is 6.08. The molecule has 10 heteroatoms. The second-order valence-corrected chi connectivity index (χ2v) is 8.64. The molecule has 0 bridgehead atoms. The zero-order valence-electron chi connectivity index (χ0n) is 20.8. The maximum Gasteiger partial charge on any atom is 0.409 e. The summed E-state index contributed by atoms with van der Waals surface area (Å²) >= 11 is 0. The zero-order chi connectivity index (χ0) is 26.4. The number of nitrogens with one attached hydrogen (secondary N) is 1. The second-order valence-electron chi connectivity index (χ2n) is 8.64. The highest BCUT2D eigenvalue weighted by Crippen LogP contribution is 2.25. The second kappa shape index (κ2) is 11.6. The van der Waals surface area contributed by atoms with E-state index in [9.17, 15) is 19.5 Å². The monoisotopic (exact) mass is 506 g/mol. The van der Waals surface area contributed by atoms with Crippen LogP contribution in [-0.4, -0.2) is 83.7 Å². The predicted octanol–water partition coefficient (Wildman–Crippen LogP) is 2.59. The molecule has 2 aromatic carbocycles. The van der Waals surface area contributed by atoms with E-state index in [1.165, 1.54) is 7.11 Å². The molecule has 1 aliphatic heterocycles. The molecule has 194 valence electrons. The highest BCUT2D eigenvalue weighted by atomic mass is 16.6. The van der Waals surface area contributed by atoms with Gasteiger partial charge in [-0.25, -0.2) is 9.78 Å². The van der Waals surface area contributed by atoms with Crippen LogP contribution in [0.4, 0.5) is 4.79 Å². The van der Waals surface area contributed by atoms with Crippen molar-refractivity contribution in [3.8, 4) is 11.5 Å². The first-order valence-electron chi connectivity index (χ1n) is 12.1. The summed E-state index contributed by atoms with van der Waals surface area (Å²) in [4.78, 5) is 46.5. The molecule has 4 rings (SSSR count). The summed E-state index contributed by atoms with van der Waals surface area (Å²) in [6.07, 6.45) is -0.238. The van der Waals surface area contributed by atoms with Crippen molar-refractivity contribution >= 4 is 28.8 Å². The van der Waals surface area contributed by atoms with Crippen molar-refractivity contribution in [2.24, 2.45) is 0 Å². The van der Waals surface area contributed by atoms with Gasteiger partial charge in [0.05, 0.1) is 19.2 Å². The zero-order valence-corrected chi connectivity index (χ0v) is 20.8. The first kappa shape index (κ1) is 25.7. The van der Waals surface area contributed by atoms with Crippen molar-refractivity contribution in [3.63, 3.8) is 0 Å². The molecule has 0 saturated carbocycles. The summed E-state index contributed by atoms with van der Waals surface area (Å²) in [6, 6.07) is 14.5. The van der Waals surface area contributed by atoms with Crippen LogP contribution in [0.5, 0.6) is 11.5 Å². The summed E-state index contributed by atoms with van der Waals surface area (Å²) in [7, 11) is 1.52. The number of hydrogen-bond donors (Lipinski definition) is 2. The van der Waals surface area contributed by atoms with E-state index in [0.717, 1.165) is 5.39 Å². The predicted molar refractivity (Wildman–Crippen MR) is 137 cm³/mol. The molecule has 37 heavy (non-hydrogen) atoms. The Morgan fingerprint density at radius 1 is 1.03 bits per heavy atom. The van der Waals surface area contributed by atoms with Gasteiger partial charge < -0.3 is 29.7 Å². The van der Waals surface area contributed by atoms with Crippen LogP contribution >= 0.6 is 0 Å². The first-order chi connectivity index (χ1) is 17.9. The normalized spacial score (nSPS) is 14.2. The van der Waals surface area contributed by atoms with Crippen molar-refractivity contribution in [1.29, 1.82) is 0 Å². The van der Waals surface area contributed by atoms with Crippen LogP contribution in [0.3, 0.4) is 0 Å². The highest BCUT2D eigenvalue weighted by molar-refractivity contribution is 5.99. The Morgan fingerprint density at radius 2 is 1.76 bits per heavy atom. The summed E-state index contributed by atoms with van der Waals surface area (Å²) in [5.74, 6) is -0.235. The number of rotatable bonds is 7. The smallest absolute Gasteiger partial charge is 0.409 e. The van der Waals surface area contributed by atoms with E-state index in [0.29, 0.717) is 43.0 Å². The van der Waals surface area contributed by atoms with Crippen LogP contribution in [0.15, 0.2) is 54.6 Å². The number of para-hydroxylation sites is 1. The number of nitrogens with zero attached hydrogens (tertiary/aromatic N) is 3. The molecule has 0 radical (unpaired) electrons. The molecule has 3 amide bonds. The van der Waals surface area contributed by atoms with Crippen LogP contribution in [0.25, 0.3) is 10.9 Å². The van der Waals surface area contributed by atoms with Gasteiger partial charge in [0.2, 0.25) is 5.91 Å². The highest BCUT2D eigenvalue weighted by Gasteiger charge is 2.31. The Hall–Kier alpha value is -4.34. The number of aromatic hydroxyl groups is 1. The van der Waals surface area contributed by atoms with E-state index in [2.05, 4.69) is 10.3 Å². The third-order valence-corrected chi connectivity index (χ3v) is 6.20. The maximum absolute atomic E-state index is 13.6. The molecule has 1 aliphatic rings. The van der Waals surface area contributed by atoms with Crippen LogP contribution in [0.2, 0.25) is 0 Å². The number of piperazine rings is 1. The molecule has 2 heterocycles. The number of pyridine rings is 1. The lowest BCUT2D eigenvalue weighted by molar-refractivity contribution is -0.134. The number of aromatic nitrogens is 1. The quantitative estimate of drug-likeness (QED) is 0.505. The number of methoxy groups -OCH3 is 1. The average Bonchev–Trinajstić information content (AvgIpc) is 2.91. The Kier molecular flexibility index (Phi) is 8.07. The number of ether oxygens (including phenoxy) is 2. The fourth-order valence-electron chi connectivity index (χ4n) is 4.32. The summed E-state index contributed by atoms with van der Waals surface area (Å²) in [6.45, 7) is 3.32. The Bertz CT molecular complexity index is 1290. The van der Waals surface area contributed by atoms with E-state index >= 15 is 0 Å². The van der Waals surface area contributed by atoms with Crippen LogP contribution in [0.1, 0.15) is 23.0 Å². The van der Waals surface area contributed by atoms with E-state index in [4.69, 9.17) is 9.47 Å². The molecule has 1 atom stereocenters. The standard InChI is InChI=1S/C27H30N4O6/c1-3-37-27(35)31-13-11-30(12-14-31)26(34)23(16-18-7-6-8-19(32)15-18)29-25(33)22-17-24(36-2)20-9-4-5-10-21(20)28-22/h4-10,15,17,23,32H,3,11-14,16H2,1-2H3,(H,29,33). The summed E-state index contributed by atoms with van der Waals surface area (Å²) in [5.41, 5.74) is 1.40. The van der Waals surface area contributed by atoms with Crippen LogP contribution in [-0.2, 0) is 16.0 Å². The lowest BCUT2D eigenvalue weighted by Crippen LogP contribution is -2.56. The lowest BCUT2D eigenvalue weighted by atomic mass is 10.0. The van der Waals surface area contributed by atoms with E-state index in [1.54, 1.807) is 53.1 Å². The fourth-order valence-corrected chi connectivity index (χ4v) is 4.32. The van der Waals surface area contributed by atoms with Gasteiger partial charge in [-0.05, 0) is 36.8 Å². The van der Waals surface area contributed by atoms with Crippen LogP contribution in [0, 0.1) is 0 Å². The molecular formula is C27H30N4O6. The van der Waals surface area contributed by atoms with Crippen molar-refractivity contribution in [2.75, 3.05) is 39.9 Å². The number of fused-ring (bicyclic) bond motifs is 1. The molecule has 1 fully saturated rings. The first-order valence-corrected chi connectivity index (χ1v) is 12.1. The number of hydrogen-bond acceptors (Lipinski definition) is 7. The minimum Gasteiger partial charge on any atom is -0.508 e. The number of amides is 3. The Labute approximate surface area is 214 Å². The van der Waals surface area contributed by atoms with Crippen molar-refractivity contribution in [3.05, 3.63) is 65.9 Å². The fraction of sp³-hybridized carbons (Fsp3) is 0.333. The molecule has 0 spiro atoms.